The molecule has 206 valence electrons. The third kappa shape index (κ3) is 6.19. The lowest BCUT2D eigenvalue weighted by atomic mass is 9.79. The number of pyridine rings is 1. The number of aromatic nitrogens is 1. The van der Waals surface area contributed by atoms with Crippen molar-refractivity contribution in [2.75, 3.05) is 11.4 Å². The molecule has 0 saturated heterocycles. The summed E-state index contributed by atoms with van der Waals surface area (Å²) in [6.45, 7) is 8.59. The highest BCUT2D eigenvalue weighted by molar-refractivity contribution is 6.31. The zero-order chi connectivity index (χ0) is 28.3. The molecule has 39 heavy (non-hydrogen) atoms. The van der Waals surface area contributed by atoms with Gasteiger partial charge in [-0.05, 0) is 100 Å². The topological polar surface area (TPSA) is 103 Å². The highest BCUT2D eigenvalue weighted by atomic mass is 35.5. The molecule has 1 amide bonds. The molecule has 1 aliphatic carbocycles. The van der Waals surface area contributed by atoms with Crippen LogP contribution in [0.15, 0.2) is 47.3 Å². The van der Waals surface area contributed by atoms with Crippen molar-refractivity contribution in [3.63, 3.8) is 0 Å². The van der Waals surface area contributed by atoms with E-state index >= 15 is 0 Å². The number of rotatable bonds is 8. The normalized spacial score (nSPS) is 17.1. The second kappa shape index (κ2) is 12.1. The fourth-order valence-corrected chi connectivity index (χ4v) is 6.15. The Morgan fingerprint density at radius 3 is 2.38 bits per heavy atom. The van der Waals surface area contributed by atoms with E-state index in [0.717, 1.165) is 60.3 Å². The fraction of sp³-hybridized carbons (Fsp3) is 0.387. The standard InChI is InChI=1S/C31H36ClN3O4/c1-5-35(23-12-10-21(11-13-23)24-8-6-7-9-25(24)31(38)39)28-16-22(32)15-26(20(28)4)29(36)33-17-27-18(2)14-19(3)34-30(27)37/h6-9,14-16,21,23H,5,10-13,17H2,1-4H3,(H,33,36)(H,34,37)(H,38,39). The third-order valence-corrected chi connectivity index (χ3v) is 8.15. The number of anilines is 1. The Kier molecular flexibility index (Phi) is 8.80. The maximum Gasteiger partial charge on any atom is 0.335 e. The van der Waals surface area contributed by atoms with Gasteiger partial charge in [-0.1, -0.05) is 29.8 Å². The number of H-pyrrole nitrogens is 1. The second-order valence-electron chi connectivity index (χ2n) is 10.4. The SMILES string of the molecule is CCN(c1cc(Cl)cc(C(=O)NCc2c(C)cc(C)[nH]c2=O)c1C)C1CCC(c2ccccc2C(=O)O)CC1. The molecular formula is C31H36ClN3O4. The summed E-state index contributed by atoms with van der Waals surface area (Å²) >= 11 is 6.52. The lowest BCUT2D eigenvalue weighted by molar-refractivity contribution is 0.0694. The third-order valence-electron chi connectivity index (χ3n) is 7.93. The van der Waals surface area contributed by atoms with Gasteiger partial charge in [0, 0.05) is 46.7 Å². The van der Waals surface area contributed by atoms with E-state index in [2.05, 4.69) is 22.1 Å². The molecule has 3 N–H and O–H groups in total. The zero-order valence-electron chi connectivity index (χ0n) is 22.9. The van der Waals surface area contributed by atoms with Crippen LogP contribution in [0.25, 0.3) is 0 Å². The first-order valence-corrected chi connectivity index (χ1v) is 13.8. The van der Waals surface area contributed by atoms with Gasteiger partial charge >= 0.3 is 5.97 Å². The fourth-order valence-electron chi connectivity index (χ4n) is 5.94. The number of nitrogens with one attached hydrogen (secondary N) is 2. The molecule has 4 rings (SSSR count). The summed E-state index contributed by atoms with van der Waals surface area (Å²) in [6.07, 6.45) is 3.61. The van der Waals surface area contributed by atoms with Crippen LogP contribution in [0.4, 0.5) is 5.69 Å². The largest absolute Gasteiger partial charge is 0.478 e. The van der Waals surface area contributed by atoms with E-state index in [4.69, 9.17) is 11.6 Å². The van der Waals surface area contributed by atoms with Gasteiger partial charge in [-0.15, -0.1) is 0 Å². The smallest absolute Gasteiger partial charge is 0.335 e. The molecular weight excluding hydrogens is 514 g/mol. The summed E-state index contributed by atoms with van der Waals surface area (Å²) in [4.78, 5) is 42.5. The molecule has 0 bridgehead atoms. The maximum absolute atomic E-state index is 13.3. The van der Waals surface area contributed by atoms with Crippen molar-refractivity contribution in [1.29, 1.82) is 0 Å². The number of amides is 1. The number of nitrogens with zero attached hydrogens (tertiary/aromatic N) is 1. The molecule has 0 aliphatic heterocycles. The molecule has 1 fully saturated rings. The van der Waals surface area contributed by atoms with Gasteiger partial charge in [0.25, 0.3) is 11.5 Å². The Bertz CT molecular complexity index is 1440. The second-order valence-corrected chi connectivity index (χ2v) is 10.8. The first-order chi connectivity index (χ1) is 18.6. The first kappa shape index (κ1) is 28.4. The summed E-state index contributed by atoms with van der Waals surface area (Å²) in [5, 5.41) is 13.0. The minimum atomic E-state index is -0.884. The Morgan fingerprint density at radius 1 is 1.05 bits per heavy atom. The van der Waals surface area contributed by atoms with Gasteiger partial charge in [-0.2, -0.15) is 0 Å². The van der Waals surface area contributed by atoms with Crippen molar-refractivity contribution < 1.29 is 14.7 Å². The number of hydrogen-bond donors (Lipinski definition) is 3. The minimum absolute atomic E-state index is 0.126. The molecule has 2 aromatic carbocycles. The highest BCUT2D eigenvalue weighted by Gasteiger charge is 2.29. The Labute approximate surface area is 234 Å². The van der Waals surface area contributed by atoms with E-state index < -0.39 is 5.97 Å². The van der Waals surface area contributed by atoms with E-state index in [9.17, 15) is 19.5 Å². The van der Waals surface area contributed by atoms with Gasteiger partial charge < -0.3 is 20.3 Å². The average Bonchev–Trinajstić information content (AvgIpc) is 2.90. The number of benzene rings is 2. The van der Waals surface area contributed by atoms with Crippen LogP contribution < -0.4 is 15.8 Å². The number of hydrogen-bond acceptors (Lipinski definition) is 4. The predicted molar refractivity (Wildman–Crippen MR) is 155 cm³/mol. The number of carbonyl (C=O) groups excluding carboxylic acids is 1. The Hall–Kier alpha value is -3.58. The minimum Gasteiger partial charge on any atom is -0.478 e. The van der Waals surface area contributed by atoms with Gasteiger partial charge in [-0.25, -0.2) is 4.79 Å². The summed E-state index contributed by atoms with van der Waals surface area (Å²) in [5.41, 5.74) is 5.49. The average molecular weight is 550 g/mol. The van der Waals surface area contributed by atoms with Crippen molar-refractivity contribution in [3.05, 3.63) is 96.9 Å². The van der Waals surface area contributed by atoms with Crippen molar-refractivity contribution in [2.24, 2.45) is 0 Å². The van der Waals surface area contributed by atoms with E-state index in [0.29, 0.717) is 21.7 Å². The van der Waals surface area contributed by atoms with Gasteiger partial charge in [0.2, 0.25) is 0 Å². The number of carbonyl (C=O) groups is 2. The molecule has 0 radical (unpaired) electrons. The quantitative estimate of drug-likeness (QED) is 0.313. The predicted octanol–water partition coefficient (Wildman–Crippen LogP) is 6.13. The summed E-state index contributed by atoms with van der Waals surface area (Å²) in [7, 11) is 0. The molecule has 7 nitrogen and oxygen atoms in total. The van der Waals surface area contributed by atoms with Crippen molar-refractivity contribution >= 4 is 29.2 Å². The van der Waals surface area contributed by atoms with Gasteiger partial charge in [0.15, 0.2) is 0 Å². The van der Waals surface area contributed by atoms with Gasteiger partial charge in [0.05, 0.1) is 5.56 Å². The van der Waals surface area contributed by atoms with Gasteiger partial charge in [-0.3, -0.25) is 9.59 Å². The number of aryl methyl sites for hydroxylation is 2. The number of aromatic amines is 1. The van der Waals surface area contributed by atoms with Crippen molar-refractivity contribution in [2.45, 2.75) is 71.9 Å². The number of carboxylic acid groups (broad SMARTS) is 1. The van der Waals surface area contributed by atoms with Crippen LogP contribution in [0.1, 0.15) is 87.2 Å². The highest BCUT2D eigenvalue weighted by Crippen LogP contribution is 2.39. The Morgan fingerprint density at radius 2 is 1.74 bits per heavy atom. The van der Waals surface area contributed by atoms with Crippen LogP contribution in [0.5, 0.6) is 0 Å². The molecule has 1 aliphatic rings. The van der Waals surface area contributed by atoms with Crippen LogP contribution in [0.2, 0.25) is 5.02 Å². The molecule has 0 unspecified atom stereocenters. The van der Waals surface area contributed by atoms with Crippen LogP contribution in [0.3, 0.4) is 0 Å². The van der Waals surface area contributed by atoms with Crippen molar-refractivity contribution in [3.8, 4) is 0 Å². The first-order valence-electron chi connectivity index (χ1n) is 13.5. The lowest BCUT2D eigenvalue weighted by Crippen LogP contribution is -2.38. The number of aromatic carboxylic acids is 1. The number of halogens is 1. The van der Waals surface area contributed by atoms with Crippen LogP contribution in [0, 0.1) is 20.8 Å². The zero-order valence-corrected chi connectivity index (χ0v) is 23.7. The summed E-state index contributed by atoms with van der Waals surface area (Å²) in [6, 6.07) is 13.0. The van der Waals surface area contributed by atoms with E-state index in [1.54, 1.807) is 18.2 Å². The molecule has 0 atom stereocenters. The van der Waals surface area contributed by atoms with E-state index in [1.807, 2.05) is 45.0 Å². The van der Waals surface area contributed by atoms with Crippen LogP contribution in [-0.4, -0.2) is 34.6 Å². The van der Waals surface area contributed by atoms with Gasteiger partial charge in [0.1, 0.15) is 0 Å². The van der Waals surface area contributed by atoms with Crippen LogP contribution >= 0.6 is 11.6 Å². The summed E-state index contributed by atoms with van der Waals surface area (Å²) in [5.74, 6) is -0.950. The molecule has 1 aromatic heterocycles. The lowest BCUT2D eigenvalue weighted by Gasteiger charge is -2.39. The molecule has 3 aromatic rings. The molecule has 1 heterocycles. The maximum atomic E-state index is 13.3. The van der Waals surface area contributed by atoms with Crippen LogP contribution in [-0.2, 0) is 6.54 Å². The number of carboxylic acids is 1. The van der Waals surface area contributed by atoms with E-state index in [1.165, 1.54) is 0 Å². The molecule has 0 spiro atoms. The summed E-state index contributed by atoms with van der Waals surface area (Å²) < 4.78 is 0. The van der Waals surface area contributed by atoms with Crippen molar-refractivity contribution in [1.82, 2.24) is 10.3 Å². The van der Waals surface area contributed by atoms with E-state index in [-0.39, 0.29) is 30.0 Å². The molecule has 1 saturated carbocycles. The Balaban J connectivity index is 1.52. The monoisotopic (exact) mass is 549 g/mol. The molecule has 8 heteroatoms.